The van der Waals surface area contributed by atoms with Crippen LogP contribution in [0.1, 0.15) is 6.42 Å². The monoisotopic (exact) mass is 456 g/mol. The number of hydrogen-bond donors (Lipinski definition) is 1. The fraction of sp³-hybridized carbons (Fsp3) is 0.100. The van der Waals surface area contributed by atoms with E-state index < -0.39 is 11.7 Å². The molecule has 4 aromatic rings. The Bertz CT molecular complexity index is 1250. The summed E-state index contributed by atoms with van der Waals surface area (Å²) >= 11 is 3.16. The Labute approximate surface area is 172 Å². The number of carbonyl (C=O) groups is 1. The van der Waals surface area contributed by atoms with E-state index in [9.17, 15) is 14.0 Å². The molecule has 2 aromatic heterocycles. The molecule has 0 atom stereocenters. The Morgan fingerprint density at radius 1 is 1.21 bits per heavy atom. The summed E-state index contributed by atoms with van der Waals surface area (Å²) in [5.74, 6) is -0.975. The van der Waals surface area contributed by atoms with Gasteiger partial charge in [-0.3, -0.25) is 14.2 Å². The maximum atomic E-state index is 13.9. The Balaban J connectivity index is 1.55. The number of amides is 1. The van der Waals surface area contributed by atoms with Gasteiger partial charge in [-0.1, -0.05) is 51.4 Å². The van der Waals surface area contributed by atoms with Gasteiger partial charge in [0.25, 0.3) is 11.3 Å². The molecule has 29 heavy (non-hydrogen) atoms. The summed E-state index contributed by atoms with van der Waals surface area (Å²) in [6.45, 7) is 0.0746. The minimum absolute atomic E-state index is 0.0332. The fourth-order valence-electron chi connectivity index (χ4n) is 2.86. The highest BCUT2D eigenvalue weighted by atomic mass is 79.9. The SMILES string of the molecule is O=C(CCn1cnc2onc(-c3ccccc3)c2c1=O)Nc1ccc(Br)cc1F. The number of benzene rings is 2. The molecule has 0 fully saturated rings. The van der Waals surface area contributed by atoms with Crippen LogP contribution >= 0.6 is 15.9 Å². The van der Waals surface area contributed by atoms with Gasteiger partial charge in [-0.2, -0.15) is 0 Å². The molecular weight excluding hydrogens is 443 g/mol. The second-order valence-electron chi connectivity index (χ2n) is 6.24. The lowest BCUT2D eigenvalue weighted by Gasteiger charge is -2.08. The molecule has 1 amide bonds. The second kappa shape index (κ2) is 7.96. The standard InChI is InChI=1S/C20H14BrFN4O3/c21-13-6-7-15(14(22)10-13)24-16(27)8-9-26-11-23-19-17(20(26)28)18(25-29-19)12-4-2-1-3-5-12/h1-7,10-11H,8-9H2,(H,24,27). The maximum Gasteiger partial charge on any atom is 0.266 e. The van der Waals surface area contributed by atoms with E-state index in [1.807, 2.05) is 30.3 Å². The predicted molar refractivity (Wildman–Crippen MR) is 109 cm³/mol. The Morgan fingerprint density at radius 3 is 2.76 bits per heavy atom. The number of aryl methyl sites for hydroxylation is 1. The normalized spacial score (nSPS) is 11.0. The third kappa shape index (κ3) is 3.95. The number of anilines is 1. The summed E-state index contributed by atoms with van der Waals surface area (Å²) in [7, 11) is 0. The summed E-state index contributed by atoms with van der Waals surface area (Å²) in [6.07, 6.45) is 1.27. The minimum Gasteiger partial charge on any atom is -0.335 e. The highest BCUT2D eigenvalue weighted by Gasteiger charge is 2.17. The van der Waals surface area contributed by atoms with E-state index in [0.717, 1.165) is 5.56 Å². The topological polar surface area (TPSA) is 90.0 Å². The van der Waals surface area contributed by atoms with Gasteiger partial charge in [0, 0.05) is 23.0 Å². The van der Waals surface area contributed by atoms with Crippen LogP contribution in [0.15, 0.2) is 68.6 Å². The molecule has 0 saturated heterocycles. The lowest BCUT2D eigenvalue weighted by atomic mass is 10.1. The van der Waals surface area contributed by atoms with E-state index in [2.05, 4.69) is 31.4 Å². The number of aromatic nitrogens is 3. The molecule has 0 aliphatic rings. The number of nitrogens with zero attached hydrogens (tertiary/aromatic N) is 3. The molecule has 2 aromatic carbocycles. The third-order valence-electron chi connectivity index (χ3n) is 4.30. The van der Waals surface area contributed by atoms with E-state index >= 15 is 0 Å². The molecule has 0 unspecified atom stereocenters. The number of nitrogens with one attached hydrogen (secondary N) is 1. The van der Waals surface area contributed by atoms with Crippen molar-refractivity contribution < 1.29 is 13.7 Å². The van der Waals surface area contributed by atoms with Gasteiger partial charge in [0.15, 0.2) is 0 Å². The molecule has 0 bridgehead atoms. The molecule has 0 saturated carbocycles. The van der Waals surface area contributed by atoms with E-state index in [1.54, 1.807) is 6.07 Å². The van der Waals surface area contributed by atoms with Crippen molar-refractivity contribution in [2.45, 2.75) is 13.0 Å². The van der Waals surface area contributed by atoms with Crippen molar-refractivity contribution in [3.8, 4) is 11.3 Å². The van der Waals surface area contributed by atoms with Crippen LogP contribution in [0, 0.1) is 5.82 Å². The van der Waals surface area contributed by atoms with Crippen LogP contribution in [0.5, 0.6) is 0 Å². The molecule has 4 rings (SSSR count). The molecule has 1 N–H and O–H groups in total. The summed E-state index contributed by atoms with van der Waals surface area (Å²) in [6, 6.07) is 13.5. The molecular formula is C20H14BrFN4O3. The highest BCUT2D eigenvalue weighted by Crippen LogP contribution is 2.24. The van der Waals surface area contributed by atoms with Crippen molar-refractivity contribution in [3.63, 3.8) is 0 Å². The van der Waals surface area contributed by atoms with Gasteiger partial charge in [-0.05, 0) is 18.2 Å². The first kappa shape index (κ1) is 19.0. The van der Waals surface area contributed by atoms with E-state index in [1.165, 1.54) is 23.0 Å². The first-order valence-corrected chi connectivity index (χ1v) is 9.47. The lowest BCUT2D eigenvalue weighted by Crippen LogP contribution is -2.23. The van der Waals surface area contributed by atoms with Crippen molar-refractivity contribution in [3.05, 3.63) is 75.5 Å². The average Bonchev–Trinajstić information content (AvgIpc) is 3.15. The number of carbonyl (C=O) groups excluding carboxylic acids is 1. The first-order valence-electron chi connectivity index (χ1n) is 8.68. The van der Waals surface area contributed by atoms with Gasteiger partial charge in [-0.25, -0.2) is 9.37 Å². The second-order valence-corrected chi connectivity index (χ2v) is 7.16. The van der Waals surface area contributed by atoms with Crippen molar-refractivity contribution in [1.82, 2.24) is 14.7 Å². The zero-order valence-corrected chi connectivity index (χ0v) is 16.5. The molecule has 0 spiro atoms. The van der Waals surface area contributed by atoms with Crippen molar-refractivity contribution >= 4 is 38.6 Å². The Morgan fingerprint density at radius 2 is 2.00 bits per heavy atom. The molecule has 0 aliphatic carbocycles. The van der Waals surface area contributed by atoms with Crippen molar-refractivity contribution in [2.24, 2.45) is 0 Å². The van der Waals surface area contributed by atoms with Crippen LogP contribution in [0.2, 0.25) is 0 Å². The molecule has 2 heterocycles. The smallest absolute Gasteiger partial charge is 0.266 e. The van der Waals surface area contributed by atoms with E-state index in [4.69, 9.17) is 4.52 Å². The zero-order valence-electron chi connectivity index (χ0n) is 14.9. The van der Waals surface area contributed by atoms with Crippen LogP contribution in [-0.2, 0) is 11.3 Å². The Hall–Kier alpha value is -3.33. The summed E-state index contributed by atoms with van der Waals surface area (Å²) in [5.41, 5.74) is 0.967. The van der Waals surface area contributed by atoms with E-state index in [-0.39, 0.29) is 35.3 Å². The summed E-state index contributed by atoms with van der Waals surface area (Å²) in [4.78, 5) is 29.2. The van der Waals surface area contributed by atoms with E-state index in [0.29, 0.717) is 10.2 Å². The number of halogens is 2. The quantitative estimate of drug-likeness (QED) is 0.490. The van der Waals surface area contributed by atoms with Gasteiger partial charge < -0.3 is 9.84 Å². The summed E-state index contributed by atoms with van der Waals surface area (Å²) in [5, 5.41) is 6.70. The minimum atomic E-state index is -0.551. The molecule has 7 nitrogen and oxygen atoms in total. The number of fused-ring (bicyclic) bond motifs is 1. The average molecular weight is 457 g/mol. The highest BCUT2D eigenvalue weighted by molar-refractivity contribution is 9.10. The third-order valence-corrected chi connectivity index (χ3v) is 4.79. The van der Waals surface area contributed by atoms with Gasteiger partial charge in [0.05, 0.1) is 5.69 Å². The largest absolute Gasteiger partial charge is 0.335 e. The van der Waals surface area contributed by atoms with Gasteiger partial charge in [0.1, 0.15) is 23.2 Å². The van der Waals surface area contributed by atoms with Crippen LogP contribution in [0.3, 0.4) is 0 Å². The van der Waals surface area contributed by atoms with Crippen molar-refractivity contribution in [2.75, 3.05) is 5.32 Å². The fourth-order valence-corrected chi connectivity index (χ4v) is 3.19. The molecule has 0 radical (unpaired) electrons. The van der Waals surface area contributed by atoms with Crippen LogP contribution in [-0.4, -0.2) is 20.6 Å². The summed E-state index contributed by atoms with van der Waals surface area (Å²) < 4.78 is 20.9. The van der Waals surface area contributed by atoms with Crippen molar-refractivity contribution in [1.29, 1.82) is 0 Å². The molecule has 0 aliphatic heterocycles. The van der Waals surface area contributed by atoms with Crippen LogP contribution in [0.4, 0.5) is 10.1 Å². The van der Waals surface area contributed by atoms with Crippen LogP contribution < -0.4 is 10.9 Å². The Kier molecular flexibility index (Phi) is 5.22. The molecule has 146 valence electrons. The predicted octanol–water partition coefficient (Wildman–Crippen LogP) is 3.98. The number of rotatable bonds is 5. The van der Waals surface area contributed by atoms with Gasteiger partial charge >= 0.3 is 0 Å². The van der Waals surface area contributed by atoms with Gasteiger partial charge in [-0.15, -0.1) is 0 Å². The molecule has 9 heteroatoms. The lowest BCUT2D eigenvalue weighted by molar-refractivity contribution is -0.116. The van der Waals surface area contributed by atoms with Crippen LogP contribution in [0.25, 0.3) is 22.4 Å². The maximum absolute atomic E-state index is 13.9. The van der Waals surface area contributed by atoms with Gasteiger partial charge in [0.2, 0.25) is 5.91 Å². The zero-order chi connectivity index (χ0) is 20.4. The number of hydrogen-bond acceptors (Lipinski definition) is 5. The first-order chi connectivity index (χ1) is 14.0.